The summed E-state index contributed by atoms with van der Waals surface area (Å²) in [5.41, 5.74) is 7.03. The van der Waals surface area contributed by atoms with Crippen molar-refractivity contribution < 1.29 is 4.79 Å². The molecule has 1 saturated heterocycles. The summed E-state index contributed by atoms with van der Waals surface area (Å²) in [4.78, 5) is 13.8. The fourth-order valence-electron chi connectivity index (χ4n) is 3.00. The van der Waals surface area contributed by atoms with Crippen LogP contribution in [-0.4, -0.2) is 36.5 Å². The molecule has 0 saturated carbocycles. The Balaban J connectivity index is 1.82. The predicted molar refractivity (Wildman–Crippen MR) is 86.2 cm³/mol. The Labute approximate surface area is 127 Å². The van der Waals surface area contributed by atoms with Gasteiger partial charge >= 0.3 is 0 Å². The average molecular weight is 289 g/mol. The lowest BCUT2D eigenvalue weighted by molar-refractivity contribution is 0.1000. The van der Waals surface area contributed by atoms with E-state index in [2.05, 4.69) is 17.1 Å². The minimum absolute atomic E-state index is 0.360. The number of hydrogen-bond acceptors (Lipinski definition) is 3. The molecule has 1 unspecified atom stereocenters. The minimum atomic E-state index is -0.360. The molecule has 0 radical (unpaired) electrons. The van der Waals surface area contributed by atoms with Gasteiger partial charge in [0.2, 0.25) is 5.91 Å². The maximum Gasteiger partial charge on any atom is 0.248 e. The lowest BCUT2D eigenvalue weighted by atomic mass is 10.1. The normalized spacial score (nSPS) is 20.1. The van der Waals surface area contributed by atoms with Gasteiger partial charge in [-0.2, -0.15) is 0 Å². The first-order valence-corrected chi connectivity index (χ1v) is 8.03. The molecule has 1 fully saturated rings. The van der Waals surface area contributed by atoms with Gasteiger partial charge in [0.15, 0.2) is 0 Å². The second kappa shape index (κ2) is 8.15. The molecule has 116 valence electrons. The highest BCUT2D eigenvalue weighted by Crippen LogP contribution is 2.12. The van der Waals surface area contributed by atoms with Crippen LogP contribution in [0.3, 0.4) is 0 Å². The molecule has 0 bridgehead atoms. The molecule has 4 nitrogen and oxygen atoms in total. The molecule has 2 rings (SSSR count). The van der Waals surface area contributed by atoms with Crippen LogP contribution in [0.25, 0.3) is 0 Å². The fourth-order valence-corrected chi connectivity index (χ4v) is 3.00. The standard InChI is InChI=1S/C17H27N3O/c1-2-9-20-10-4-7-16(8-11-20)19-13-14-5-3-6-15(12-14)17(18)21/h3,5-6,12,16,19H,2,4,7-11,13H2,1H3,(H2,18,21). The molecule has 0 spiro atoms. The van der Waals surface area contributed by atoms with Gasteiger partial charge < -0.3 is 16.0 Å². The molecule has 21 heavy (non-hydrogen) atoms. The van der Waals surface area contributed by atoms with E-state index in [0.29, 0.717) is 11.6 Å². The summed E-state index contributed by atoms with van der Waals surface area (Å²) in [5.74, 6) is -0.360. The Bertz CT molecular complexity index is 461. The van der Waals surface area contributed by atoms with Crippen LogP contribution in [0.4, 0.5) is 0 Å². The van der Waals surface area contributed by atoms with Gasteiger partial charge in [0, 0.05) is 18.2 Å². The van der Waals surface area contributed by atoms with Crippen LogP contribution < -0.4 is 11.1 Å². The summed E-state index contributed by atoms with van der Waals surface area (Å²) in [6.07, 6.45) is 4.93. The number of rotatable bonds is 6. The van der Waals surface area contributed by atoms with Crippen LogP contribution in [0.15, 0.2) is 24.3 Å². The van der Waals surface area contributed by atoms with Gasteiger partial charge in [0.1, 0.15) is 0 Å². The third-order valence-corrected chi connectivity index (χ3v) is 4.17. The van der Waals surface area contributed by atoms with Gasteiger partial charge in [0.25, 0.3) is 0 Å². The van der Waals surface area contributed by atoms with E-state index >= 15 is 0 Å². The quantitative estimate of drug-likeness (QED) is 0.843. The van der Waals surface area contributed by atoms with Gasteiger partial charge in [0.05, 0.1) is 0 Å². The van der Waals surface area contributed by atoms with E-state index in [0.717, 1.165) is 12.1 Å². The first-order chi connectivity index (χ1) is 10.2. The summed E-state index contributed by atoms with van der Waals surface area (Å²) in [6, 6.07) is 8.16. The number of carbonyl (C=O) groups is 1. The lowest BCUT2D eigenvalue weighted by Gasteiger charge is -2.19. The number of primary amides is 1. The molecule has 0 aromatic heterocycles. The maximum absolute atomic E-state index is 11.2. The Morgan fingerprint density at radius 3 is 3.00 bits per heavy atom. The monoisotopic (exact) mass is 289 g/mol. The van der Waals surface area contributed by atoms with Crippen molar-refractivity contribution in [1.82, 2.24) is 10.2 Å². The van der Waals surface area contributed by atoms with Crippen molar-refractivity contribution in [3.05, 3.63) is 35.4 Å². The Kier molecular flexibility index (Phi) is 6.21. The third-order valence-electron chi connectivity index (χ3n) is 4.17. The van der Waals surface area contributed by atoms with E-state index < -0.39 is 0 Å². The van der Waals surface area contributed by atoms with Crippen molar-refractivity contribution in [3.63, 3.8) is 0 Å². The summed E-state index contributed by atoms with van der Waals surface area (Å²) < 4.78 is 0. The second-order valence-electron chi connectivity index (χ2n) is 5.91. The summed E-state index contributed by atoms with van der Waals surface area (Å²) >= 11 is 0. The zero-order valence-corrected chi connectivity index (χ0v) is 13.0. The zero-order chi connectivity index (χ0) is 15.1. The van der Waals surface area contributed by atoms with E-state index in [1.165, 1.54) is 45.3 Å². The zero-order valence-electron chi connectivity index (χ0n) is 13.0. The smallest absolute Gasteiger partial charge is 0.248 e. The number of hydrogen-bond donors (Lipinski definition) is 2. The van der Waals surface area contributed by atoms with Crippen molar-refractivity contribution in [1.29, 1.82) is 0 Å². The van der Waals surface area contributed by atoms with E-state index in [4.69, 9.17) is 5.73 Å². The number of likely N-dealkylation sites (tertiary alicyclic amines) is 1. The van der Waals surface area contributed by atoms with Crippen molar-refractivity contribution in [3.8, 4) is 0 Å². The SMILES string of the molecule is CCCN1CCCC(NCc2cccc(C(N)=O)c2)CC1. The number of nitrogens with two attached hydrogens (primary N) is 1. The molecule has 1 amide bonds. The van der Waals surface area contributed by atoms with E-state index in [-0.39, 0.29) is 5.91 Å². The number of carbonyl (C=O) groups excluding carboxylic acids is 1. The largest absolute Gasteiger partial charge is 0.366 e. The number of benzene rings is 1. The van der Waals surface area contributed by atoms with Crippen LogP contribution in [0.1, 0.15) is 48.5 Å². The topological polar surface area (TPSA) is 58.4 Å². The predicted octanol–water partition coefficient (Wildman–Crippen LogP) is 2.14. The Morgan fingerprint density at radius 2 is 2.24 bits per heavy atom. The summed E-state index contributed by atoms with van der Waals surface area (Å²) in [7, 11) is 0. The number of nitrogens with zero attached hydrogens (tertiary/aromatic N) is 1. The molecule has 1 aromatic carbocycles. The van der Waals surface area contributed by atoms with Crippen molar-refractivity contribution >= 4 is 5.91 Å². The third kappa shape index (κ3) is 5.14. The van der Waals surface area contributed by atoms with Crippen LogP contribution in [0.2, 0.25) is 0 Å². The van der Waals surface area contributed by atoms with Gasteiger partial charge in [-0.1, -0.05) is 19.1 Å². The molecule has 3 N–H and O–H groups in total. The van der Waals surface area contributed by atoms with E-state index in [1.807, 2.05) is 18.2 Å². The molecule has 1 aliphatic heterocycles. The van der Waals surface area contributed by atoms with Gasteiger partial charge in [-0.25, -0.2) is 0 Å². The molecule has 0 aliphatic carbocycles. The molecular weight excluding hydrogens is 262 g/mol. The number of amides is 1. The first-order valence-electron chi connectivity index (χ1n) is 8.03. The van der Waals surface area contributed by atoms with Gasteiger partial charge in [-0.15, -0.1) is 0 Å². The molecule has 1 aliphatic rings. The highest BCUT2D eigenvalue weighted by atomic mass is 16.1. The van der Waals surface area contributed by atoms with E-state index in [9.17, 15) is 4.79 Å². The van der Waals surface area contributed by atoms with Gasteiger partial charge in [-0.3, -0.25) is 4.79 Å². The van der Waals surface area contributed by atoms with Crippen LogP contribution in [0.5, 0.6) is 0 Å². The van der Waals surface area contributed by atoms with Crippen molar-refractivity contribution in [2.24, 2.45) is 5.73 Å². The minimum Gasteiger partial charge on any atom is -0.366 e. The Morgan fingerprint density at radius 1 is 1.38 bits per heavy atom. The van der Waals surface area contributed by atoms with Crippen molar-refractivity contribution in [2.45, 2.75) is 45.2 Å². The molecule has 1 aromatic rings. The summed E-state index contributed by atoms with van der Waals surface area (Å²) in [5, 5.41) is 3.63. The summed E-state index contributed by atoms with van der Waals surface area (Å²) in [6.45, 7) is 6.68. The second-order valence-corrected chi connectivity index (χ2v) is 5.91. The lowest BCUT2D eigenvalue weighted by Crippen LogP contribution is -2.31. The fraction of sp³-hybridized carbons (Fsp3) is 0.588. The average Bonchev–Trinajstić information content (AvgIpc) is 2.71. The first kappa shape index (κ1) is 16.0. The Hall–Kier alpha value is -1.39. The maximum atomic E-state index is 11.2. The van der Waals surface area contributed by atoms with Crippen LogP contribution >= 0.6 is 0 Å². The molecule has 4 heteroatoms. The van der Waals surface area contributed by atoms with Gasteiger partial charge in [-0.05, 0) is 63.0 Å². The molecule has 1 heterocycles. The number of nitrogens with one attached hydrogen (secondary N) is 1. The molecular formula is C17H27N3O. The van der Waals surface area contributed by atoms with E-state index in [1.54, 1.807) is 6.07 Å². The van der Waals surface area contributed by atoms with Crippen molar-refractivity contribution in [2.75, 3.05) is 19.6 Å². The van der Waals surface area contributed by atoms with Crippen LogP contribution in [0, 0.1) is 0 Å². The van der Waals surface area contributed by atoms with Crippen LogP contribution in [-0.2, 0) is 6.54 Å². The highest BCUT2D eigenvalue weighted by molar-refractivity contribution is 5.92. The highest BCUT2D eigenvalue weighted by Gasteiger charge is 2.15. The molecule has 1 atom stereocenters.